The number of carbonyl (C=O) groups is 2. The lowest BCUT2D eigenvalue weighted by Gasteiger charge is -2.36. The predicted octanol–water partition coefficient (Wildman–Crippen LogP) is 1.50. The molecule has 2 aliphatic heterocycles. The fourth-order valence-electron chi connectivity index (χ4n) is 3.45. The number of ether oxygens (including phenoxy) is 1. The van der Waals surface area contributed by atoms with Crippen molar-refractivity contribution >= 4 is 44.5 Å². The Kier molecular flexibility index (Phi) is 5.27. The van der Waals surface area contributed by atoms with Gasteiger partial charge >= 0.3 is 11.8 Å². The van der Waals surface area contributed by atoms with E-state index in [2.05, 4.69) is 26.9 Å². The number of rotatable bonds is 1. The highest BCUT2D eigenvalue weighted by Gasteiger charge is 2.30. The van der Waals surface area contributed by atoms with Crippen LogP contribution >= 0.6 is 15.9 Å². The lowest BCUT2D eigenvalue weighted by molar-refractivity contribution is -0.154. The molecule has 0 aliphatic carbocycles. The number of hydrogen-bond acceptors (Lipinski definition) is 5. The van der Waals surface area contributed by atoms with E-state index < -0.39 is 11.8 Å². The Morgan fingerprint density at radius 2 is 1.56 bits per heavy atom. The van der Waals surface area contributed by atoms with Gasteiger partial charge in [-0.1, -0.05) is 12.1 Å². The first-order valence-electron chi connectivity index (χ1n) is 9.09. The van der Waals surface area contributed by atoms with Gasteiger partial charge in [0.2, 0.25) is 0 Å². The van der Waals surface area contributed by atoms with Crippen molar-refractivity contribution in [2.75, 3.05) is 57.4 Å². The van der Waals surface area contributed by atoms with Crippen LogP contribution in [0.15, 0.2) is 34.8 Å². The minimum Gasteiger partial charge on any atom is -0.378 e. The van der Waals surface area contributed by atoms with Crippen LogP contribution in [0.2, 0.25) is 0 Å². The van der Waals surface area contributed by atoms with E-state index in [1.165, 1.54) is 0 Å². The average molecular weight is 433 g/mol. The van der Waals surface area contributed by atoms with Crippen LogP contribution in [0, 0.1) is 0 Å². The number of morpholine rings is 1. The molecule has 7 nitrogen and oxygen atoms in total. The summed E-state index contributed by atoms with van der Waals surface area (Å²) in [6.45, 7) is 4.32. The van der Waals surface area contributed by atoms with Crippen LogP contribution in [0.4, 0.5) is 5.82 Å². The van der Waals surface area contributed by atoms with E-state index in [-0.39, 0.29) is 0 Å². The monoisotopic (exact) mass is 432 g/mol. The van der Waals surface area contributed by atoms with Gasteiger partial charge in [-0.2, -0.15) is 0 Å². The van der Waals surface area contributed by atoms with Gasteiger partial charge in [0.25, 0.3) is 0 Å². The largest absolute Gasteiger partial charge is 0.378 e. The highest BCUT2D eigenvalue weighted by atomic mass is 79.9. The molecule has 2 aromatic rings. The van der Waals surface area contributed by atoms with Gasteiger partial charge in [0.1, 0.15) is 5.82 Å². The van der Waals surface area contributed by atoms with Gasteiger partial charge in [0.05, 0.1) is 18.7 Å². The Bertz CT molecular complexity index is 861. The second-order valence-corrected chi connectivity index (χ2v) is 7.52. The number of nitrogens with zero attached hydrogens (tertiary/aromatic N) is 4. The van der Waals surface area contributed by atoms with Crippen molar-refractivity contribution in [1.82, 2.24) is 14.8 Å². The zero-order valence-electron chi connectivity index (χ0n) is 14.9. The molecule has 0 bridgehead atoms. The van der Waals surface area contributed by atoms with Gasteiger partial charge in [-0.15, -0.1) is 0 Å². The third-order valence-electron chi connectivity index (χ3n) is 5.03. The summed E-state index contributed by atoms with van der Waals surface area (Å²) < 4.78 is 6.21. The van der Waals surface area contributed by atoms with Gasteiger partial charge in [-0.05, 0) is 34.1 Å². The standard InChI is InChI=1S/C19H21BrN4O3/c20-15-3-1-2-14-4-5-16(21-17(14)15)22-6-8-23(9-7-22)18(25)19(26)24-10-12-27-13-11-24/h1-5H,6-13H2. The molecule has 2 amide bonds. The molecule has 0 radical (unpaired) electrons. The molecule has 2 fully saturated rings. The maximum absolute atomic E-state index is 12.5. The van der Waals surface area contributed by atoms with E-state index in [4.69, 9.17) is 9.72 Å². The summed E-state index contributed by atoms with van der Waals surface area (Å²) in [5.74, 6) is 0.0614. The van der Waals surface area contributed by atoms with E-state index in [1.807, 2.05) is 24.3 Å². The maximum Gasteiger partial charge on any atom is 0.312 e. The van der Waals surface area contributed by atoms with Crippen LogP contribution in [0.25, 0.3) is 10.9 Å². The number of amides is 2. The third kappa shape index (κ3) is 3.77. The molecule has 0 spiro atoms. The molecule has 27 heavy (non-hydrogen) atoms. The Morgan fingerprint density at radius 1 is 0.889 bits per heavy atom. The molecule has 1 aromatic heterocycles. The van der Waals surface area contributed by atoms with Gasteiger partial charge in [-0.25, -0.2) is 4.98 Å². The molecule has 3 heterocycles. The molecule has 8 heteroatoms. The minimum atomic E-state index is -0.417. The fourth-order valence-corrected chi connectivity index (χ4v) is 3.92. The maximum atomic E-state index is 12.5. The Labute approximate surface area is 166 Å². The van der Waals surface area contributed by atoms with Gasteiger partial charge in [0, 0.05) is 49.1 Å². The first-order chi connectivity index (χ1) is 13.1. The van der Waals surface area contributed by atoms with Crippen LogP contribution < -0.4 is 4.90 Å². The Morgan fingerprint density at radius 3 is 2.26 bits per heavy atom. The third-order valence-corrected chi connectivity index (χ3v) is 5.67. The van der Waals surface area contributed by atoms with Crippen LogP contribution in [-0.4, -0.2) is 79.1 Å². The second kappa shape index (κ2) is 7.82. The molecule has 1 aromatic carbocycles. The zero-order chi connectivity index (χ0) is 18.8. The Balaban J connectivity index is 1.40. The average Bonchev–Trinajstić information content (AvgIpc) is 2.73. The van der Waals surface area contributed by atoms with Crippen molar-refractivity contribution in [1.29, 1.82) is 0 Å². The first-order valence-corrected chi connectivity index (χ1v) is 9.89. The van der Waals surface area contributed by atoms with E-state index >= 15 is 0 Å². The highest BCUT2D eigenvalue weighted by Crippen LogP contribution is 2.25. The summed E-state index contributed by atoms with van der Waals surface area (Å²) in [5, 5.41) is 1.08. The molecule has 4 rings (SSSR count). The predicted molar refractivity (Wildman–Crippen MR) is 106 cm³/mol. The SMILES string of the molecule is O=C(C(=O)N1CCN(c2ccc3cccc(Br)c3n2)CC1)N1CCOCC1. The van der Waals surface area contributed by atoms with Crippen molar-refractivity contribution in [2.24, 2.45) is 0 Å². The van der Waals surface area contributed by atoms with E-state index in [1.54, 1.807) is 9.80 Å². The van der Waals surface area contributed by atoms with Gasteiger partial charge in [-0.3, -0.25) is 9.59 Å². The Hall–Kier alpha value is -2.19. The number of para-hydroxylation sites is 1. The summed E-state index contributed by atoms with van der Waals surface area (Å²) in [7, 11) is 0. The van der Waals surface area contributed by atoms with Gasteiger partial charge in [0.15, 0.2) is 0 Å². The summed E-state index contributed by atoms with van der Waals surface area (Å²) >= 11 is 3.55. The number of hydrogen-bond donors (Lipinski definition) is 0. The first kappa shape index (κ1) is 18.2. The van der Waals surface area contributed by atoms with Crippen LogP contribution in [0.1, 0.15) is 0 Å². The van der Waals surface area contributed by atoms with Crippen molar-refractivity contribution in [3.05, 3.63) is 34.8 Å². The van der Waals surface area contributed by atoms with Crippen molar-refractivity contribution < 1.29 is 14.3 Å². The number of pyridine rings is 1. The number of halogens is 1. The normalized spacial score (nSPS) is 18.0. The number of carbonyl (C=O) groups excluding carboxylic acids is 2. The van der Waals surface area contributed by atoms with Crippen LogP contribution in [0.3, 0.4) is 0 Å². The quantitative estimate of drug-likeness (QED) is 0.638. The van der Waals surface area contributed by atoms with E-state index in [0.717, 1.165) is 21.2 Å². The second-order valence-electron chi connectivity index (χ2n) is 6.66. The zero-order valence-corrected chi connectivity index (χ0v) is 16.5. The number of anilines is 1. The van der Waals surface area contributed by atoms with Crippen LogP contribution in [-0.2, 0) is 14.3 Å². The summed E-state index contributed by atoms with van der Waals surface area (Å²) in [4.78, 5) is 35.0. The van der Waals surface area contributed by atoms with E-state index in [0.29, 0.717) is 52.5 Å². The minimum absolute atomic E-state index is 0.411. The van der Waals surface area contributed by atoms with Crippen molar-refractivity contribution in [3.63, 3.8) is 0 Å². The molecule has 0 saturated carbocycles. The molecule has 0 unspecified atom stereocenters. The topological polar surface area (TPSA) is 66.0 Å². The number of benzene rings is 1. The highest BCUT2D eigenvalue weighted by molar-refractivity contribution is 9.10. The van der Waals surface area contributed by atoms with E-state index in [9.17, 15) is 9.59 Å². The number of aromatic nitrogens is 1. The molecule has 2 saturated heterocycles. The summed E-state index contributed by atoms with van der Waals surface area (Å²) in [5.41, 5.74) is 0.927. The van der Waals surface area contributed by atoms with Crippen molar-refractivity contribution in [2.45, 2.75) is 0 Å². The lowest BCUT2D eigenvalue weighted by atomic mass is 10.2. The molecule has 0 atom stereocenters. The lowest BCUT2D eigenvalue weighted by Crippen LogP contribution is -2.54. The summed E-state index contributed by atoms with van der Waals surface area (Å²) in [6, 6.07) is 10.1. The van der Waals surface area contributed by atoms with Gasteiger partial charge < -0.3 is 19.4 Å². The van der Waals surface area contributed by atoms with Crippen molar-refractivity contribution in [3.8, 4) is 0 Å². The number of piperazine rings is 1. The molecular weight excluding hydrogens is 412 g/mol. The molecular formula is C19H21BrN4O3. The molecule has 142 valence electrons. The van der Waals surface area contributed by atoms with Crippen LogP contribution in [0.5, 0.6) is 0 Å². The molecule has 0 N–H and O–H groups in total. The molecule has 2 aliphatic rings. The number of fused-ring (bicyclic) bond motifs is 1. The fraction of sp³-hybridized carbons (Fsp3) is 0.421. The summed E-state index contributed by atoms with van der Waals surface area (Å²) in [6.07, 6.45) is 0. The smallest absolute Gasteiger partial charge is 0.312 e.